The van der Waals surface area contributed by atoms with Crippen LogP contribution in [0.25, 0.3) is 11.1 Å². The van der Waals surface area contributed by atoms with Crippen LogP contribution in [0.1, 0.15) is 61.6 Å². The van der Waals surface area contributed by atoms with E-state index >= 15 is 0 Å². The van der Waals surface area contributed by atoms with E-state index in [1.165, 1.54) is 11.9 Å². The number of halogens is 2. The number of rotatable bonds is 19. The number of likely N-dealkylation sites (N-methyl/N-ethyl adjacent to an activating group) is 1. The van der Waals surface area contributed by atoms with Gasteiger partial charge in [-0.2, -0.15) is 0 Å². The van der Waals surface area contributed by atoms with E-state index in [4.69, 9.17) is 33.0 Å². The molecule has 2 amide bonds. The highest BCUT2D eigenvalue weighted by Gasteiger charge is 2.46. The Morgan fingerprint density at radius 2 is 1.68 bits per heavy atom. The Morgan fingerprint density at radius 3 is 2.40 bits per heavy atom. The number of carbonyl (C=O) groups excluding carboxylic acids is 1. The van der Waals surface area contributed by atoms with Gasteiger partial charge >= 0.3 is 6.03 Å². The van der Waals surface area contributed by atoms with E-state index in [2.05, 4.69) is 27.8 Å². The van der Waals surface area contributed by atoms with E-state index < -0.39 is 37.1 Å². The largest absolute Gasteiger partial charge is 0.490 e. The Labute approximate surface area is 303 Å². The van der Waals surface area contributed by atoms with Gasteiger partial charge in [0.1, 0.15) is 30.2 Å². The highest BCUT2D eigenvalue weighted by Crippen LogP contribution is 2.50. The third-order valence-corrected chi connectivity index (χ3v) is 10.2. The molecule has 7 N–H and O–H groups in total. The van der Waals surface area contributed by atoms with Crippen molar-refractivity contribution in [3.63, 3.8) is 0 Å². The molecule has 2 saturated carbocycles. The van der Waals surface area contributed by atoms with Gasteiger partial charge in [-0.15, -0.1) is 0 Å². The molecule has 0 saturated heterocycles. The average Bonchev–Trinajstić information content (AvgIpc) is 4.07. The van der Waals surface area contributed by atoms with E-state index in [0.29, 0.717) is 29.2 Å². The second-order valence-electron chi connectivity index (χ2n) is 13.4. The van der Waals surface area contributed by atoms with Crippen LogP contribution in [-0.2, 0) is 18.5 Å². The summed E-state index contributed by atoms with van der Waals surface area (Å²) in [6, 6.07) is 13.7. The first-order chi connectivity index (χ1) is 24.0. The maximum atomic E-state index is 12.4. The molecule has 1 heterocycles. The predicted molar refractivity (Wildman–Crippen MR) is 192 cm³/mol. The Balaban J connectivity index is 1.07. The molecular weight excluding hydrogens is 683 g/mol. The number of unbranched alkanes of at least 4 members (excludes halogenated alkanes) is 2. The molecule has 1 aromatic heterocycles. The molecule has 2 aliphatic rings. The summed E-state index contributed by atoms with van der Waals surface area (Å²) in [7, 11) is 1.44. The summed E-state index contributed by atoms with van der Waals surface area (Å²) in [5.74, 6) is 0.908. The number of hydrogen-bond donors (Lipinski definition) is 7. The maximum Gasteiger partial charge on any atom is 0.317 e. The fraction of sp³-hybridized carbons (Fsp3) is 0.514. The number of aromatic nitrogens is 1. The van der Waals surface area contributed by atoms with E-state index in [0.717, 1.165) is 84.9 Å². The monoisotopic (exact) mass is 730 g/mol. The van der Waals surface area contributed by atoms with Gasteiger partial charge in [-0.25, -0.2) is 4.79 Å². The zero-order chi connectivity index (χ0) is 35.8. The number of nitrogens with zero attached hydrogens (tertiary/aromatic N) is 2. The fourth-order valence-electron chi connectivity index (χ4n) is 6.04. The highest BCUT2D eigenvalue weighted by atomic mass is 35.5. The molecule has 4 unspecified atom stereocenters. The van der Waals surface area contributed by atoms with Crippen molar-refractivity contribution in [2.45, 2.75) is 94.0 Å². The van der Waals surface area contributed by atoms with E-state index in [1.54, 1.807) is 0 Å². The number of amides is 2. The van der Waals surface area contributed by atoms with Gasteiger partial charge in [-0.1, -0.05) is 47.8 Å². The number of aryl methyl sites for hydroxylation is 1. The van der Waals surface area contributed by atoms with Crippen LogP contribution >= 0.6 is 23.2 Å². The molecule has 0 spiro atoms. The number of aliphatic hydroxyl groups is 5. The van der Waals surface area contributed by atoms with Gasteiger partial charge in [0.2, 0.25) is 0 Å². The van der Waals surface area contributed by atoms with Crippen molar-refractivity contribution >= 4 is 29.2 Å². The molecule has 272 valence electrons. The van der Waals surface area contributed by atoms with Crippen molar-refractivity contribution in [2.24, 2.45) is 0 Å². The van der Waals surface area contributed by atoms with E-state index in [9.17, 15) is 25.2 Å². The number of benzene rings is 2. The Bertz CT molecular complexity index is 1590. The predicted octanol–water partition coefficient (Wildman–Crippen LogP) is 4.17. The first kappa shape index (κ1) is 38.2. The number of pyridine rings is 1. The smallest absolute Gasteiger partial charge is 0.317 e. The molecule has 50 heavy (non-hydrogen) atoms. The van der Waals surface area contributed by atoms with Crippen molar-refractivity contribution in [1.82, 2.24) is 20.5 Å². The van der Waals surface area contributed by atoms with E-state index in [1.807, 2.05) is 42.7 Å². The summed E-state index contributed by atoms with van der Waals surface area (Å²) in [5, 5.41) is 56.0. The minimum Gasteiger partial charge on any atom is -0.490 e. The summed E-state index contributed by atoms with van der Waals surface area (Å²) in [6.07, 6.45) is 4.81. The summed E-state index contributed by atoms with van der Waals surface area (Å²) >= 11 is 13.5. The number of carbonyl (C=O) groups is 1. The van der Waals surface area contributed by atoms with Crippen molar-refractivity contribution < 1.29 is 35.1 Å². The third kappa shape index (κ3) is 9.86. The van der Waals surface area contributed by atoms with Crippen LogP contribution in [0.15, 0.2) is 54.9 Å². The van der Waals surface area contributed by atoms with Gasteiger partial charge in [0.05, 0.1) is 19.3 Å². The second-order valence-corrected chi connectivity index (χ2v) is 14.2. The number of nitrogens with one attached hydrogen (secondary N) is 2. The first-order valence-electron chi connectivity index (χ1n) is 17.3. The number of aliphatic hydroxyl groups excluding tert-OH is 5. The molecule has 0 radical (unpaired) electrons. The van der Waals surface area contributed by atoms with Gasteiger partial charge in [0.15, 0.2) is 0 Å². The zero-order valence-corrected chi connectivity index (χ0v) is 29.8. The lowest BCUT2D eigenvalue weighted by Crippen LogP contribution is -2.51. The number of ether oxygens (including phenoxy) is 1. The number of hydrogen-bond acceptors (Lipinski definition) is 9. The van der Waals surface area contributed by atoms with Gasteiger partial charge in [0.25, 0.3) is 0 Å². The quantitative estimate of drug-likeness (QED) is 0.0897. The zero-order valence-electron chi connectivity index (χ0n) is 28.3. The summed E-state index contributed by atoms with van der Waals surface area (Å²) < 4.78 is 6.24. The summed E-state index contributed by atoms with van der Waals surface area (Å²) in [4.78, 5) is 18.0. The summed E-state index contributed by atoms with van der Waals surface area (Å²) in [6.45, 7) is -0.0799. The van der Waals surface area contributed by atoms with Crippen LogP contribution in [0.4, 0.5) is 4.79 Å². The molecule has 0 aliphatic heterocycles. The molecular formula is C37H48Cl2N4O7. The maximum absolute atomic E-state index is 12.4. The molecule has 2 aliphatic carbocycles. The molecule has 4 atom stereocenters. The van der Waals surface area contributed by atoms with Crippen LogP contribution in [0.2, 0.25) is 10.0 Å². The normalized spacial score (nSPS) is 17.4. The lowest BCUT2D eigenvalue weighted by Gasteiger charge is -2.28. The third-order valence-electron chi connectivity index (χ3n) is 9.45. The van der Waals surface area contributed by atoms with Crippen LogP contribution in [0.3, 0.4) is 0 Å². The van der Waals surface area contributed by atoms with E-state index in [-0.39, 0.29) is 12.1 Å². The Hall–Kier alpha value is -3.00. The van der Waals surface area contributed by atoms with Gasteiger partial charge < -0.3 is 45.8 Å². The Morgan fingerprint density at radius 1 is 0.980 bits per heavy atom. The number of urea groups is 1. The van der Waals surface area contributed by atoms with Crippen LogP contribution in [0, 0.1) is 0 Å². The first-order valence-corrected chi connectivity index (χ1v) is 18.0. The topological polar surface area (TPSA) is 168 Å². The fourth-order valence-corrected chi connectivity index (χ4v) is 6.57. The van der Waals surface area contributed by atoms with Crippen LogP contribution in [-0.4, -0.2) is 98.7 Å². The molecule has 13 heteroatoms. The molecule has 2 aromatic carbocycles. The van der Waals surface area contributed by atoms with Gasteiger partial charge in [-0.3, -0.25) is 4.98 Å². The van der Waals surface area contributed by atoms with Crippen LogP contribution < -0.4 is 15.4 Å². The SMILES string of the molecule is CN(CC(O)C(O)C(O)C(O)CO)C(=O)NCCCCCc1cc(Cl)c(CNC2(c3cnccc3-c3ccccc3OC3CC3)CC2)cc1Cl. The lowest BCUT2D eigenvalue weighted by atomic mass is 9.94. The highest BCUT2D eigenvalue weighted by molar-refractivity contribution is 6.34. The van der Waals surface area contributed by atoms with Gasteiger partial charge in [0, 0.05) is 53.7 Å². The lowest BCUT2D eigenvalue weighted by molar-refractivity contribution is -0.117. The molecule has 0 bridgehead atoms. The molecule has 2 fully saturated rings. The summed E-state index contributed by atoms with van der Waals surface area (Å²) in [5.41, 5.74) is 5.04. The minimum atomic E-state index is -1.75. The van der Waals surface area contributed by atoms with Crippen molar-refractivity contribution in [3.05, 3.63) is 81.6 Å². The average molecular weight is 732 g/mol. The Kier molecular flexibility index (Phi) is 13.4. The standard InChI is InChI=1S/C37H48Cl2N4O7/c1-43(21-31(45)34(47)35(48)32(46)22-44)36(49)41-15-6-2-3-7-23-17-30(39)24(18-29(23)38)19-42-37(13-14-37)28-20-40-16-12-26(28)27-8-4-5-9-33(27)50-25-10-11-25/h4-5,8-9,12,16-18,20,25,31-32,34-35,42,44-48H,2-3,6-7,10-11,13-15,19,21-22H2,1H3,(H,41,49). The van der Waals surface area contributed by atoms with Crippen molar-refractivity contribution in [3.8, 4) is 16.9 Å². The van der Waals surface area contributed by atoms with Crippen molar-refractivity contribution in [2.75, 3.05) is 26.7 Å². The molecule has 3 aromatic rings. The number of para-hydroxylation sites is 1. The molecule has 5 rings (SSSR count). The molecule has 11 nitrogen and oxygen atoms in total. The minimum absolute atomic E-state index is 0.206. The van der Waals surface area contributed by atoms with Crippen molar-refractivity contribution in [1.29, 1.82) is 0 Å². The second kappa shape index (κ2) is 17.5. The van der Waals surface area contributed by atoms with Crippen LogP contribution in [0.5, 0.6) is 5.75 Å². The van der Waals surface area contributed by atoms with Gasteiger partial charge in [-0.05, 0) is 91.5 Å².